The van der Waals surface area contributed by atoms with E-state index in [1.807, 2.05) is 20.8 Å². The quantitative estimate of drug-likeness (QED) is 0.916. The van der Waals surface area contributed by atoms with Crippen LogP contribution in [0.15, 0.2) is 0 Å². The molecule has 7 heteroatoms. The monoisotopic (exact) mass is 338 g/mol. The van der Waals surface area contributed by atoms with Crippen molar-refractivity contribution in [2.45, 2.75) is 65.3 Å². The molecule has 1 aromatic rings. The van der Waals surface area contributed by atoms with Crippen molar-refractivity contribution in [1.82, 2.24) is 15.1 Å². The van der Waals surface area contributed by atoms with Gasteiger partial charge in [-0.15, -0.1) is 10.2 Å². The number of anilines is 1. The van der Waals surface area contributed by atoms with Crippen molar-refractivity contribution in [3.8, 4) is 0 Å². The topological polar surface area (TPSA) is 75.2 Å². The molecular formula is C16H26N4O2S. The predicted octanol–water partition coefficient (Wildman–Crippen LogP) is 2.81. The molecule has 6 nitrogen and oxygen atoms in total. The summed E-state index contributed by atoms with van der Waals surface area (Å²) in [5.41, 5.74) is -0.305. The second-order valence-corrected chi connectivity index (χ2v) is 8.69. The van der Waals surface area contributed by atoms with Crippen molar-refractivity contribution in [1.29, 1.82) is 0 Å². The Morgan fingerprint density at radius 1 is 1.30 bits per heavy atom. The average Bonchev–Trinajstić information content (AvgIpc) is 3.05. The largest absolute Gasteiger partial charge is 0.337 e. The summed E-state index contributed by atoms with van der Waals surface area (Å²) in [6, 6.07) is 0. The normalized spacial score (nSPS) is 19.3. The lowest BCUT2D eigenvalue weighted by Crippen LogP contribution is -2.42. The Morgan fingerprint density at radius 2 is 1.96 bits per heavy atom. The van der Waals surface area contributed by atoms with Gasteiger partial charge >= 0.3 is 0 Å². The van der Waals surface area contributed by atoms with Gasteiger partial charge in [0, 0.05) is 23.9 Å². The molecule has 0 saturated carbocycles. The summed E-state index contributed by atoms with van der Waals surface area (Å²) in [4.78, 5) is 26.3. The van der Waals surface area contributed by atoms with Gasteiger partial charge in [0.05, 0.1) is 5.92 Å². The second-order valence-electron chi connectivity index (χ2n) is 7.72. The Labute approximate surface area is 141 Å². The van der Waals surface area contributed by atoms with Crippen LogP contribution in [0, 0.1) is 5.92 Å². The zero-order valence-electron chi connectivity index (χ0n) is 14.8. The van der Waals surface area contributed by atoms with Gasteiger partial charge in [-0.3, -0.25) is 9.59 Å². The standard InChI is InChI=1S/C16H26N4O2S/c1-7-16(5,6)13-18-19-14(23-13)17-12(22)10-8-11(21)20(9-10)15(2,3)4/h10H,7-9H2,1-6H3,(H,17,19,22). The molecule has 1 aromatic heterocycles. The van der Waals surface area contributed by atoms with Crippen molar-refractivity contribution in [2.75, 3.05) is 11.9 Å². The summed E-state index contributed by atoms with van der Waals surface area (Å²) >= 11 is 1.41. The number of amides is 2. The fraction of sp³-hybridized carbons (Fsp3) is 0.750. The summed E-state index contributed by atoms with van der Waals surface area (Å²) < 4.78 is 0. The third kappa shape index (κ3) is 3.88. The molecule has 23 heavy (non-hydrogen) atoms. The first-order chi connectivity index (χ1) is 10.5. The van der Waals surface area contributed by atoms with Gasteiger partial charge in [-0.2, -0.15) is 0 Å². The van der Waals surface area contributed by atoms with Crippen LogP contribution in [-0.2, 0) is 15.0 Å². The molecule has 0 aliphatic carbocycles. The SMILES string of the molecule is CCC(C)(C)c1nnc(NC(=O)C2CC(=O)N(C(C)(C)C)C2)s1. The molecule has 2 rings (SSSR count). The number of aromatic nitrogens is 2. The van der Waals surface area contributed by atoms with Crippen LogP contribution in [0.1, 0.15) is 59.4 Å². The van der Waals surface area contributed by atoms with Gasteiger partial charge in [0.15, 0.2) is 0 Å². The lowest BCUT2D eigenvalue weighted by Gasteiger charge is -2.31. The molecule has 1 fully saturated rings. The van der Waals surface area contributed by atoms with Crippen molar-refractivity contribution >= 4 is 28.3 Å². The highest BCUT2D eigenvalue weighted by molar-refractivity contribution is 7.15. The lowest BCUT2D eigenvalue weighted by molar-refractivity contribution is -0.131. The molecule has 0 radical (unpaired) electrons. The molecule has 1 unspecified atom stereocenters. The van der Waals surface area contributed by atoms with Gasteiger partial charge in [0.2, 0.25) is 16.9 Å². The van der Waals surface area contributed by atoms with Crippen molar-refractivity contribution in [3.05, 3.63) is 5.01 Å². The van der Waals surface area contributed by atoms with Gasteiger partial charge < -0.3 is 10.2 Å². The summed E-state index contributed by atoms with van der Waals surface area (Å²) in [5.74, 6) is -0.446. The second kappa shape index (κ2) is 6.19. The number of rotatable bonds is 4. The molecule has 1 saturated heterocycles. The Morgan fingerprint density at radius 3 is 2.48 bits per heavy atom. The van der Waals surface area contributed by atoms with E-state index in [1.54, 1.807) is 4.90 Å². The summed E-state index contributed by atoms with van der Waals surface area (Å²) in [7, 11) is 0. The molecule has 1 aliphatic heterocycles. The molecule has 128 valence electrons. The third-order valence-electron chi connectivity index (χ3n) is 4.42. The van der Waals surface area contributed by atoms with Gasteiger partial charge in [0.1, 0.15) is 5.01 Å². The molecule has 2 heterocycles. The molecular weight excluding hydrogens is 312 g/mol. The smallest absolute Gasteiger partial charge is 0.231 e. The third-order valence-corrected chi connectivity index (χ3v) is 5.63. The predicted molar refractivity (Wildman–Crippen MR) is 91.4 cm³/mol. The van der Waals surface area contributed by atoms with Crippen LogP contribution in [0.4, 0.5) is 5.13 Å². The van der Waals surface area contributed by atoms with E-state index >= 15 is 0 Å². The maximum atomic E-state index is 12.4. The van der Waals surface area contributed by atoms with E-state index in [0.29, 0.717) is 11.7 Å². The van der Waals surface area contributed by atoms with E-state index in [9.17, 15) is 9.59 Å². The number of hydrogen-bond acceptors (Lipinski definition) is 5. The van der Waals surface area contributed by atoms with Crippen LogP contribution >= 0.6 is 11.3 Å². The number of carbonyl (C=O) groups is 2. The number of nitrogens with zero attached hydrogens (tertiary/aromatic N) is 3. The number of carbonyl (C=O) groups excluding carboxylic acids is 2. The molecule has 1 atom stereocenters. The highest BCUT2D eigenvalue weighted by Gasteiger charge is 2.39. The maximum absolute atomic E-state index is 12.4. The van der Waals surface area contributed by atoms with Gasteiger partial charge in [-0.25, -0.2) is 0 Å². The minimum atomic E-state index is -0.326. The van der Waals surface area contributed by atoms with Crippen molar-refractivity contribution < 1.29 is 9.59 Å². The highest BCUT2D eigenvalue weighted by Crippen LogP contribution is 2.32. The minimum Gasteiger partial charge on any atom is -0.337 e. The molecule has 0 bridgehead atoms. The van der Waals surface area contributed by atoms with Crippen LogP contribution in [0.25, 0.3) is 0 Å². The number of nitrogens with one attached hydrogen (secondary N) is 1. The summed E-state index contributed by atoms with van der Waals surface area (Å²) in [6.07, 6.45) is 1.21. The Balaban J connectivity index is 2.02. The van der Waals surface area contributed by atoms with Gasteiger partial charge in [-0.05, 0) is 27.2 Å². The van der Waals surface area contributed by atoms with Crippen LogP contribution in [0.3, 0.4) is 0 Å². The fourth-order valence-corrected chi connectivity index (χ4v) is 3.36. The molecule has 1 aliphatic rings. The number of hydrogen-bond donors (Lipinski definition) is 1. The van der Waals surface area contributed by atoms with Crippen LogP contribution in [-0.4, -0.2) is 39.0 Å². The van der Waals surface area contributed by atoms with Gasteiger partial charge in [-0.1, -0.05) is 32.1 Å². The van der Waals surface area contributed by atoms with E-state index in [2.05, 4.69) is 36.3 Å². The van der Waals surface area contributed by atoms with E-state index in [1.165, 1.54) is 11.3 Å². The van der Waals surface area contributed by atoms with Crippen molar-refractivity contribution in [2.24, 2.45) is 5.92 Å². The Kier molecular flexibility index (Phi) is 4.80. The Bertz CT molecular complexity index is 603. The van der Waals surface area contributed by atoms with Crippen molar-refractivity contribution in [3.63, 3.8) is 0 Å². The zero-order chi connectivity index (χ0) is 17.4. The first kappa shape index (κ1) is 17.8. The van der Waals surface area contributed by atoms with E-state index in [-0.39, 0.29) is 35.1 Å². The minimum absolute atomic E-state index is 0.0303. The van der Waals surface area contributed by atoms with E-state index < -0.39 is 0 Å². The maximum Gasteiger partial charge on any atom is 0.231 e. The first-order valence-electron chi connectivity index (χ1n) is 8.00. The molecule has 0 spiro atoms. The van der Waals surface area contributed by atoms with Crippen LogP contribution < -0.4 is 5.32 Å². The average molecular weight is 338 g/mol. The van der Waals surface area contributed by atoms with Crippen LogP contribution in [0.2, 0.25) is 0 Å². The van der Waals surface area contributed by atoms with E-state index in [0.717, 1.165) is 11.4 Å². The van der Waals surface area contributed by atoms with E-state index in [4.69, 9.17) is 0 Å². The fourth-order valence-electron chi connectivity index (χ4n) is 2.44. The molecule has 1 N–H and O–H groups in total. The zero-order valence-corrected chi connectivity index (χ0v) is 15.6. The molecule has 2 amide bonds. The first-order valence-corrected chi connectivity index (χ1v) is 8.81. The van der Waals surface area contributed by atoms with Crippen LogP contribution in [0.5, 0.6) is 0 Å². The Hall–Kier alpha value is -1.50. The summed E-state index contributed by atoms with van der Waals surface area (Å²) in [5, 5.41) is 12.5. The highest BCUT2D eigenvalue weighted by atomic mass is 32.1. The number of likely N-dealkylation sites (tertiary alicyclic amines) is 1. The lowest BCUT2D eigenvalue weighted by atomic mass is 9.91. The molecule has 0 aromatic carbocycles. The summed E-state index contributed by atoms with van der Waals surface area (Å²) in [6.45, 7) is 12.7. The van der Waals surface area contributed by atoms with Gasteiger partial charge in [0.25, 0.3) is 0 Å².